The second-order valence-corrected chi connectivity index (χ2v) is 11.0. The van der Waals surface area contributed by atoms with E-state index in [9.17, 15) is 19.6 Å². The number of nitrogens with one attached hydrogen (secondary N) is 2. The normalized spacial score (nSPS) is 26.0. The molecule has 2 N–H and O–H groups in total. The summed E-state index contributed by atoms with van der Waals surface area (Å²) in [6.07, 6.45) is 10.3. The Morgan fingerprint density at radius 1 is 1.22 bits per heavy atom. The van der Waals surface area contributed by atoms with Gasteiger partial charge in [0.1, 0.15) is 17.8 Å². The molecule has 2 aliphatic carbocycles. The number of carbonyl (C=O) groups excluding carboxylic acids is 2. The maximum Gasteiger partial charge on any atom is 0.270 e. The molecule has 1 saturated heterocycles. The average Bonchev–Trinajstić information content (AvgIpc) is 3.17. The molecule has 2 saturated carbocycles. The Kier molecular flexibility index (Phi) is 7.49. The van der Waals surface area contributed by atoms with Gasteiger partial charge in [-0.05, 0) is 42.2 Å². The molecule has 36 heavy (non-hydrogen) atoms. The monoisotopic (exact) mass is 491 g/mol. The fourth-order valence-electron chi connectivity index (χ4n) is 6.29. The number of carbonyl (C=O) groups is 2. The second-order valence-electron chi connectivity index (χ2n) is 11.0. The van der Waals surface area contributed by atoms with E-state index in [2.05, 4.69) is 48.4 Å². The van der Waals surface area contributed by atoms with Gasteiger partial charge < -0.3 is 15.2 Å². The van der Waals surface area contributed by atoms with Crippen molar-refractivity contribution in [3.8, 4) is 6.07 Å². The molecule has 3 fully saturated rings. The number of piperidine rings is 1. The first-order valence-electron chi connectivity index (χ1n) is 13.1. The first-order valence-corrected chi connectivity index (χ1v) is 13.1. The molecule has 1 aliphatic heterocycles. The predicted molar refractivity (Wildman–Crippen MR) is 138 cm³/mol. The molecule has 8 nitrogen and oxygen atoms in total. The second kappa shape index (κ2) is 10.4. The molecule has 1 aromatic rings. The van der Waals surface area contributed by atoms with Crippen LogP contribution in [0.5, 0.6) is 0 Å². The summed E-state index contributed by atoms with van der Waals surface area (Å²) in [5, 5.41) is 12.6. The van der Waals surface area contributed by atoms with Crippen LogP contribution in [0.4, 0.5) is 0 Å². The van der Waals surface area contributed by atoms with E-state index >= 15 is 0 Å². The van der Waals surface area contributed by atoms with Crippen LogP contribution in [0.2, 0.25) is 0 Å². The average molecular weight is 492 g/mol. The Bertz CT molecular complexity index is 1140. The summed E-state index contributed by atoms with van der Waals surface area (Å²) in [6.45, 7) is 12.2. The number of hydrogen-bond donors (Lipinski definition) is 2. The summed E-state index contributed by atoms with van der Waals surface area (Å²) in [6, 6.07) is 0.563. The molecule has 0 radical (unpaired) electrons. The number of hydrogen-bond acceptors (Lipinski definition) is 5. The molecule has 4 atom stereocenters. The number of rotatable bonds is 7. The third kappa shape index (κ3) is 4.88. The van der Waals surface area contributed by atoms with Crippen LogP contribution >= 0.6 is 0 Å². The molecule has 0 spiro atoms. The van der Waals surface area contributed by atoms with E-state index in [0.29, 0.717) is 17.9 Å². The minimum absolute atomic E-state index is 0.0139. The standard InChI is InChI=1S/C28H37N5O3/c1-5-20-21(6-2)32-25(34)22(31-20)14-18(15-29)30-26(35)24-23-19(28(23,3)4)16-33(24)27(36)17-12-10-8-7-9-11-13-17/h5-6,17-19,23-24H,1-2,7-14,16H2,3-4H3,(H,30,35)(H,32,34). The number of likely N-dealkylation sites (tertiary alicyclic amines) is 1. The lowest BCUT2D eigenvalue weighted by Crippen LogP contribution is -2.53. The molecule has 192 valence electrons. The summed E-state index contributed by atoms with van der Waals surface area (Å²) in [5.74, 6) is 0.105. The van der Waals surface area contributed by atoms with Gasteiger partial charge in [0.05, 0.1) is 17.5 Å². The predicted octanol–water partition coefficient (Wildman–Crippen LogP) is 3.45. The molecule has 3 aliphatic rings. The van der Waals surface area contributed by atoms with Crippen LogP contribution in [-0.2, 0) is 16.0 Å². The summed E-state index contributed by atoms with van der Waals surface area (Å²) in [5.41, 5.74) is 0.598. The molecular weight excluding hydrogens is 454 g/mol. The van der Waals surface area contributed by atoms with Crippen molar-refractivity contribution in [2.75, 3.05) is 6.54 Å². The van der Waals surface area contributed by atoms with Gasteiger partial charge in [-0.2, -0.15) is 5.26 Å². The molecular formula is C28H37N5O3. The van der Waals surface area contributed by atoms with E-state index in [-0.39, 0.29) is 47.1 Å². The zero-order chi connectivity index (χ0) is 26.0. The van der Waals surface area contributed by atoms with Crippen LogP contribution in [0, 0.1) is 34.5 Å². The van der Waals surface area contributed by atoms with Crippen LogP contribution in [0.1, 0.15) is 75.9 Å². The topological polar surface area (TPSA) is 119 Å². The van der Waals surface area contributed by atoms with Crippen molar-refractivity contribution >= 4 is 24.0 Å². The molecule has 8 heteroatoms. The van der Waals surface area contributed by atoms with Crippen LogP contribution < -0.4 is 10.9 Å². The van der Waals surface area contributed by atoms with Crippen molar-refractivity contribution < 1.29 is 9.59 Å². The van der Waals surface area contributed by atoms with Gasteiger partial charge in [0.15, 0.2) is 0 Å². The fourth-order valence-corrected chi connectivity index (χ4v) is 6.29. The van der Waals surface area contributed by atoms with Crippen molar-refractivity contribution in [2.24, 2.45) is 23.2 Å². The van der Waals surface area contributed by atoms with Crippen LogP contribution in [0.15, 0.2) is 18.0 Å². The van der Waals surface area contributed by atoms with Crippen molar-refractivity contribution in [2.45, 2.75) is 77.3 Å². The highest BCUT2D eigenvalue weighted by Gasteiger charge is 2.69. The van der Waals surface area contributed by atoms with Crippen molar-refractivity contribution in [1.82, 2.24) is 20.2 Å². The van der Waals surface area contributed by atoms with E-state index in [0.717, 1.165) is 38.5 Å². The zero-order valence-electron chi connectivity index (χ0n) is 21.4. The summed E-state index contributed by atoms with van der Waals surface area (Å²) >= 11 is 0. The number of H-pyrrole nitrogens is 1. The SMILES string of the molecule is C=Cc1nc(CC(C#N)NC(=O)C2C3C(CN2C(=O)C2CCCCCCC2)C3(C)C)c(=O)[nH]c1C=C. The van der Waals surface area contributed by atoms with Gasteiger partial charge in [-0.1, -0.05) is 59.1 Å². The van der Waals surface area contributed by atoms with Crippen molar-refractivity contribution in [3.63, 3.8) is 0 Å². The lowest BCUT2D eigenvalue weighted by Gasteiger charge is -2.33. The maximum absolute atomic E-state index is 13.6. The van der Waals surface area contributed by atoms with Crippen LogP contribution in [0.25, 0.3) is 12.2 Å². The van der Waals surface area contributed by atoms with Crippen LogP contribution in [-0.4, -0.2) is 45.3 Å². The first kappa shape index (κ1) is 25.9. The van der Waals surface area contributed by atoms with Gasteiger partial charge in [-0.15, -0.1) is 0 Å². The Labute approximate surface area is 212 Å². The van der Waals surface area contributed by atoms with E-state index < -0.39 is 17.6 Å². The molecule has 4 unspecified atom stereocenters. The summed E-state index contributed by atoms with van der Waals surface area (Å²) in [7, 11) is 0. The lowest BCUT2D eigenvalue weighted by atomic mass is 9.89. The third-order valence-corrected chi connectivity index (χ3v) is 8.52. The first-order chi connectivity index (χ1) is 17.2. The molecule has 0 aromatic carbocycles. The minimum atomic E-state index is -0.947. The highest BCUT2D eigenvalue weighted by molar-refractivity contribution is 5.90. The Hall–Kier alpha value is -3.21. The number of aromatic amines is 1. The Morgan fingerprint density at radius 3 is 2.50 bits per heavy atom. The highest BCUT2D eigenvalue weighted by Crippen LogP contribution is 2.65. The minimum Gasteiger partial charge on any atom is -0.338 e. The van der Waals surface area contributed by atoms with Gasteiger partial charge in [0.25, 0.3) is 5.56 Å². The number of aromatic nitrogens is 2. The zero-order valence-corrected chi connectivity index (χ0v) is 21.4. The summed E-state index contributed by atoms with van der Waals surface area (Å²) in [4.78, 5) is 48.5. The van der Waals surface area contributed by atoms with E-state index in [1.54, 1.807) is 4.90 Å². The third-order valence-electron chi connectivity index (χ3n) is 8.52. The summed E-state index contributed by atoms with van der Waals surface area (Å²) < 4.78 is 0. The van der Waals surface area contributed by atoms with Gasteiger partial charge in [0.2, 0.25) is 11.8 Å². The lowest BCUT2D eigenvalue weighted by molar-refractivity contribution is -0.144. The van der Waals surface area contributed by atoms with E-state index in [4.69, 9.17) is 0 Å². The molecule has 2 heterocycles. The smallest absolute Gasteiger partial charge is 0.270 e. The molecule has 1 aromatic heterocycles. The number of fused-ring (bicyclic) bond motifs is 1. The van der Waals surface area contributed by atoms with Gasteiger partial charge >= 0.3 is 0 Å². The maximum atomic E-state index is 13.6. The van der Waals surface area contributed by atoms with Gasteiger partial charge in [-0.3, -0.25) is 14.4 Å². The van der Waals surface area contributed by atoms with E-state index in [1.807, 2.05) is 0 Å². The fraction of sp³-hybridized carbons (Fsp3) is 0.607. The van der Waals surface area contributed by atoms with Gasteiger partial charge in [0, 0.05) is 18.9 Å². The Morgan fingerprint density at radius 2 is 1.89 bits per heavy atom. The largest absolute Gasteiger partial charge is 0.338 e. The number of amides is 2. The van der Waals surface area contributed by atoms with Crippen molar-refractivity contribution in [1.29, 1.82) is 5.26 Å². The number of nitriles is 1. The number of nitrogens with zero attached hydrogens (tertiary/aromatic N) is 3. The quantitative estimate of drug-likeness (QED) is 0.606. The van der Waals surface area contributed by atoms with Crippen molar-refractivity contribution in [3.05, 3.63) is 40.6 Å². The molecule has 4 rings (SSSR count). The highest BCUT2D eigenvalue weighted by atomic mass is 16.2. The van der Waals surface area contributed by atoms with Gasteiger partial charge in [-0.25, -0.2) is 4.98 Å². The molecule has 0 bridgehead atoms. The van der Waals surface area contributed by atoms with E-state index in [1.165, 1.54) is 18.6 Å². The van der Waals surface area contributed by atoms with Crippen LogP contribution in [0.3, 0.4) is 0 Å². The molecule has 2 amide bonds. The Balaban J connectivity index is 1.51.